The lowest BCUT2D eigenvalue weighted by Gasteiger charge is -2.31. The van der Waals surface area contributed by atoms with Gasteiger partial charge in [-0.3, -0.25) is 9.69 Å². The number of methoxy groups -OCH3 is 2. The molecular weight excluding hydrogens is 266 g/mol. The summed E-state index contributed by atoms with van der Waals surface area (Å²) >= 11 is 0. The minimum absolute atomic E-state index is 0.136. The van der Waals surface area contributed by atoms with Gasteiger partial charge in [0.2, 0.25) is 0 Å². The molecule has 0 amide bonds. The highest BCUT2D eigenvalue weighted by atomic mass is 16.5. The first-order valence-electron chi connectivity index (χ1n) is 7.53. The van der Waals surface area contributed by atoms with Crippen LogP contribution >= 0.6 is 0 Å². The van der Waals surface area contributed by atoms with Gasteiger partial charge in [-0.15, -0.1) is 0 Å². The molecule has 0 N–H and O–H groups in total. The zero-order valence-corrected chi connectivity index (χ0v) is 13.2. The fourth-order valence-electron chi connectivity index (χ4n) is 2.86. The van der Waals surface area contributed by atoms with Crippen molar-refractivity contribution in [2.75, 3.05) is 40.5 Å². The molecule has 0 aromatic heterocycles. The lowest BCUT2D eigenvalue weighted by molar-refractivity contribution is 0.0807. The molecule has 4 heteroatoms. The van der Waals surface area contributed by atoms with E-state index in [9.17, 15) is 4.79 Å². The highest BCUT2D eigenvalue weighted by Gasteiger charge is 2.22. The molecule has 1 aromatic rings. The number of hydrogen-bond donors (Lipinski definition) is 0. The molecule has 0 saturated carbocycles. The number of carbonyl (C=O) groups is 1. The van der Waals surface area contributed by atoms with Crippen molar-refractivity contribution in [2.45, 2.75) is 19.8 Å². The van der Waals surface area contributed by atoms with E-state index >= 15 is 0 Å². The molecule has 2 rings (SSSR count). The number of carbonyl (C=O) groups excluding carboxylic acids is 1. The van der Waals surface area contributed by atoms with Crippen molar-refractivity contribution in [3.8, 4) is 5.75 Å². The number of benzene rings is 1. The predicted molar refractivity (Wildman–Crippen MR) is 83.1 cm³/mol. The van der Waals surface area contributed by atoms with Gasteiger partial charge in [0.05, 0.1) is 19.2 Å². The summed E-state index contributed by atoms with van der Waals surface area (Å²) in [5, 5.41) is 0. The Kier molecular flexibility index (Phi) is 5.76. The Morgan fingerprint density at radius 3 is 2.62 bits per heavy atom. The van der Waals surface area contributed by atoms with Crippen LogP contribution in [0.5, 0.6) is 5.75 Å². The highest BCUT2D eigenvalue weighted by Crippen LogP contribution is 2.22. The summed E-state index contributed by atoms with van der Waals surface area (Å²) in [6.07, 6.45) is 2.21. The second kappa shape index (κ2) is 7.57. The Bertz CT molecular complexity index is 479. The number of nitrogens with zero attached hydrogens (tertiary/aromatic N) is 1. The normalized spacial score (nSPS) is 16.9. The first-order chi connectivity index (χ1) is 10.1. The summed E-state index contributed by atoms with van der Waals surface area (Å²) in [7, 11) is 3.36. The molecule has 0 radical (unpaired) electrons. The van der Waals surface area contributed by atoms with Gasteiger partial charge in [0, 0.05) is 13.7 Å². The average Bonchev–Trinajstić information content (AvgIpc) is 2.49. The second-order valence-electron chi connectivity index (χ2n) is 5.80. The molecule has 0 unspecified atom stereocenters. The van der Waals surface area contributed by atoms with Crippen LogP contribution in [0.15, 0.2) is 18.2 Å². The van der Waals surface area contributed by atoms with E-state index in [-0.39, 0.29) is 5.78 Å². The van der Waals surface area contributed by atoms with Crippen LogP contribution in [0.1, 0.15) is 28.8 Å². The molecular formula is C17H25NO3. The van der Waals surface area contributed by atoms with Gasteiger partial charge in [-0.1, -0.05) is 6.07 Å². The molecule has 1 fully saturated rings. The summed E-state index contributed by atoms with van der Waals surface area (Å²) in [6, 6.07) is 5.74. The minimum atomic E-state index is 0.136. The quantitative estimate of drug-likeness (QED) is 0.755. The van der Waals surface area contributed by atoms with Crippen molar-refractivity contribution in [1.82, 2.24) is 4.90 Å². The van der Waals surface area contributed by atoms with Crippen LogP contribution < -0.4 is 4.74 Å². The Morgan fingerprint density at radius 1 is 1.29 bits per heavy atom. The Hall–Kier alpha value is -1.39. The zero-order chi connectivity index (χ0) is 15.2. The first-order valence-corrected chi connectivity index (χ1v) is 7.53. The van der Waals surface area contributed by atoms with Gasteiger partial charge >= 0.3 is 0 Å². The molecule has 1 heterocycles. The van der Waals surface area contributed by atoms with Crippen molar-refractivity contribution in [1.29, 1.82) is 0 Å². The van der Waals surface area contributed by atoms with E-state index in [1.807, 2.05) is 25.1 Å². The predicted octanol–water partition coefficient (Wildman–Crippen LogP) is 2.54. The SMILES string of the molecule is COCC1CCN(CC(=O)c2ccc(C)cc2OC)CC1. The number of likely N-dealkylation sites (tertiary alicyclic amines) is 1. The van der Waals surface area contributed by atoms with Crippen LogP contribution in [0.25, 0.3) is 0 Å². The topological polar surface area (TPSA) is 38.8 Å². The number of ether oxygens (including phenoxy) is 2. The number of hydrogen-bond acceptors (Lipinski definition) is 4. The number of aryl methyl sites for hydroxylation is 1. The lowest BCUT2D eigenvalue weighted by Crippen LogP contribution is -2.38. The monoisotopic (exact) mass is 291 g/mol. The Balaban J connectivity index is 1.93. The van der Waals surface area contributed by atoms with Crippen LogP contribution in [0, 0.1) is 12.8 Å². The summed E-state index contributed by atoms with van der Waals surface area (Å²) < 4.78 is 10.5. The number of piperidine rings is 1. The van der Waals surface area contributed by atoms with Crippen LogP contribution in [-0.2, 0) is 4.74 Å². The van der Waals surface area contributed by atoms with E-state index in [2.05, 4.69) is 4.90 Å². The zero-order valence-electron chi connectivity index (χ0n) is 13.2. The van der Waals surface area contributed by atoms with Crippen LogP contribution in [-0.4, -0.2) is 51.1 Å². The van der Waals surface area contributed by atoms with Gasteiger partial charge in [-0.25, -0.2) is 0 Å². The molecule has 116 valence electrons. The summed E-state index contributed by atoms with van der Waals surface area (Å²) in [4.78, 5) is 14.7. The Labute approximate surface area is 127 Å². The van der Waals surface area contributed by atoms with E-state index in [1.165, 1.54) is 0 Å². The fourth-order valence-corrected chi connectivity index (χ4v) is 2.86. The third-order valence-electron chi connectivity index (χ3n) is 4.13. The molecule has 1 saturated heterocycles. The first kappa shape index (κ1) is 16.0. The van der Waals surface area contributed by atoms with E-state index in [0.717, 1.165) is 38.1 Å². The van der Waals surface area contributed by atoms with Gasteiger partial charge < -0.3 is 9.47 Å². The molecule has 0 bridgehead atoms. The molecule has 0 atom stereocenters. The van der Waals surface area contributed by atoms with E-state index in [4.69, 9.17) is 9.47 Å². The van der Waals surface area contributed by atoms with Crippen molar-refractivity contribution < 1.29 is 14.3 Å². The fraction of sp³-hybridized carbons (Fsp3) is 0.588. The number of ketones is 1. The maximum atomic E-state index is 12.5. The van der Waals surface area contributed by atoms with Gasteiger partial charge in [-0.2, -0.15) is 0 Å². The van der Waals surface area contributed by atoms with Crippen molar-refractivity contribution >= 4 is 5.78 Å². The summed E-state index contributed by atoms with van der Waals surface area (Å²) in [5.41, 5.74) is 1.78. The van der Waals surface area contributed by atoms with Crippen LogP contribution in [0.2, 0.25) is 0 Å². The van der Waals surface area contributed by atoms with E-state index in [1.54, 1.807) is 14.2 Å². The van der Waals surface area contributed by atoms with Gasteiger partial charge in [-0.05, 0) is 56.5 Å². The van der Waals surface area contributed by atoms with E-state index in [0.29, 0.717) is 23.8 Å². The second-order valence-corrected chi connectivity index (χ2v) is 5.80. The maximum Gasteiger partial charge on any atom is 0.180 e. The third-order valence-corrected chi connectivity index (χ3v) is 4.13. The smallest absolute Gasteiger partial charge is 0.180 e. The van der Waals surface area contributed by atoms with Gasteiger partial charge in [0.25, 0.3) is 0 Å². The number of rotatable bonds is 6. The maximum absolute atomic E-state index is 12.5. The molecule has 21 heavy (non-hydrogen) atoms. The van der Waals surface area contributed by atoms with Crippen molar-refractivity contribution in [2.24, 2.45) is 5.92 Å². The highest BCUT2D eigenvalue weighted by molar-refractivity contribution is 6.00. The summed E-state index contributed by atoms with van der Waals surface area (Å²) in [5.74, 6) is 1.45. The lowest BCUT2D eigenvalue weighted by atomic mass is 9.97. The summed E-state index contributed by atoms with van der Waals surface area (Å²) in [6.45, 7) is 5.23. The standard InChI is InChI=1S/C17H25NO3/c1-13-4-5-15(17(10-13)21-3)16(19)11-18-8-6-14(7-9-18)12-20-2/h4-5,10,14H,6-9,11-12H2,1-3H3. The molecule has 0 aliphatic carbocycles. The largest absolute Gasteiger partial charge is 0.496 e. The number of Topliss-reactive ketones (excluding diaryl/α,β-unsaturated/α-hetero) is 1. The van der Waals surface area contributed by atoms with E-state index < -0.39 is 0 Å². The molecule has 1 aliphatic heterocycles. The molecule has 1 aromatic carbocycles. The third kappa shape index (κ3) is 4.29. The van der Waals surface area contributed by atoms with Crippen molar-refractivity contribution in [3.63, 3.8) is 0 Å². The molecule has 4 nitrogen and oxygen atoms in total. The molecule has 0 spiro atoms. The van der Waals surface area contributed by atoms with Gasteiger partial charge in [0.1, 0.15) is 5.75 Å². The van der Waals surface area contributed by atoms with Crippen LogP contribution in [0.3, 0.4) is 0 Å². The Morgan fingerprint density at radius 2 is 2.00 bits per heavy atom. The van der Waals surface area contributed by atoms with Crippen molar-refractivity contribution in [3.05, 3.63) is 29.3 Å². The van der Waals surface area contributed by atoms with Gasteiger partial charge in [0.15, 0.2) is 5.78 Å². The van der Waals surface area contributed by atoms with Crippen LogP contribution in [0.4, 0.5) is 0 Å². The molecule has 1 aliphatic rings. The minimum Gasteiger partial charge on any atom is -0.496 e. The average molecular weight is 291 g/mol.